The summed E-state index contributed by atoms with van der Waals surface area (Å²) in [5, 5.41) is 5.49. The third-order valence-corrected chi connectivity index (χ3v) is 4.17. The third kappa shape index (κ3) is 5.61. The number of hydrogen-bond donors (Lipinski definition) is 2. The number of pyridine rings is 2. The number of amides is 2. The van der Waals surface area contributed by atoms with Gasteiger partial charge in [0, 0.05) is 39.0 Å². The minimum absolute atomic E-state index is 0.184. The molecular formula is C17H19F2N5O2S. The molecule has 10 heteroatoms. The van der Waals surface area contributed by atoms with Crippen molar-refractivity contribution in [2.45, 2.75) is 24.0 Å². The average Bonchev–Trinajstić information content (AvgIpc) is 2.62. The van der Waals surface area contributed by atoms with E-state index < -0.39 is 11.8 Å². The number of urea groups is 1. The van der Waals surface area contributed by atoms with Crippen molar-refractivity contribution in [2.24, 2.45) is 0 Å². The van der Waals surface area contributed by atoms with Gasteiger partial charge in [0.1, 0.15) is 11.6 Å². The van der Waals surface area contributed by atoms with Crippen molar-refractivity contribution in [3.8, 4) is 0 Å². The van der Waals surface area contributed by atoms with Gasteiger partial charge in [-0.1, -0.05) is 18.7 Å². The summed E-state index contributed by atoms with van der Waals surface area (Å²) >= 11 is 0.348. The fourth-order valence-electron chi connectivity index (χ4n) is 2.06. The number of aromatic nitrogens is 2. The molecule has 0 saturated carbocycles. The second-order valence-electron chi connectivity index (χ2n) is 5.57. The number of Topliss-reactive ketones (excluding diaryl/α,β-unsaturated/α-hetero) is 1. The highest BCUT2D eigenvalue weighted by atomic mass is 32.2. The number of halogens is 2. The van der Waals surface area contributed by atoms with Crippen LogP contribution in [0.5, 0.6) is 0 Å². The Morgan fingerprint density at radius 2 is 2.04 bits per heavy atom. The number of carbonyl (C=O) groups is 2. The summed E-state index contributed by atoms with van der Waals surface area (Å²) in [7, 11) is 3.15. The lowest BCUT2D eigenvalue weighted by Gasteiger charge is -2.16. The first kappa shape index (κ1) is 20.6. The molecule has 2 heterocycles. The topological polar surface area (TPSA) is 87.2 Å². The Morgan fingerprint density at radius 1 is 1.30 bits per heavy atom. The van der Waals surface area contributed by atoms with Crippen molar-refractivity contribution >= 4 is 40.9 Å². The highest BCUT2D eigenvalue weighted by molar-refractivity contribution is 7.99. The molecule has 2 amide bonds. The molecule has 2 N–H and O–H groups in total. The van der Waals surface area contributed by atoms with Crippen molar-refractivity contribution in [1.82, 2.24) is 14.9 Å². The van der Waals surface area contributed by atoms with Gasteiger partial charge in [0.15, 0.2) is 5.78 Å². The molecule has 0 spiro atoms. The van der Waals surface area contributed by atoms with Crippen molar-refractivity contribution in [3.05, 3.63) is 36.2 Å². The zero-order valence-electron chi connectivity index (χ0n) is 15.0. The quantitative estimate of drug-likeness (QED) is 0.539. The Morgan fingerprint density at radius 3 is 2.67 bits per heavy atom. The van der Waals surface area contributed by atoms with E-state index in [9.17, 15) is 18.4 Å². The molecule has 0 atom stereocenters. The van der Waals surface area contributed by atoms with E-state index in [4.69, 9.17) is 0 Å². The number of thioether (sulfide) groups is 1. The zero-order valence-corrected chi connectivity index (χ0v) is 15.8. The van der Waals surface area contributed by atoms with Gasteiger partial charge in [0.25, 0.3) is 5.76 Å². The summed E-state index contributed by atoms with van der Waals surface area (Å²) in [5.41, 5.74) is 0.597. The Kier molecular flexibility index (Phi) is 7.05. The van der Waals surface area contributed by atoms with Gasteiger partial charge in [-0.25, -0.2) is 14.8 Å². The van der Waals surface area contributed by atoms with Crippen LogP contribution in [0, 0.1) is 0 Å². The first-order valence-electron chi connectivity index (χ1n) is 8.00. The summed E-state index contributed by atoms with van der Waals surface area (Å²) in [6.07, 6.45) is 3.03. The smallest absolute Gasteiger partial charge is 0.322 e. The van der Waals surface area contributed by atoms with Crippen LogP contribution >= 0.6 is 11.8 Å². The summed E-state index contributed by atoms with van der Waals surface area (Å²) in [6, 6.07) is 4.12. The van der Waals surface area contributed by atoms with Gasteiger partial charge in [-0.3, -0.25) is 10.1 Å². The Hall–Kier alpha value is -2.75. The second-order valence-corrected chi connectivity index (χ2v) is 6.60. The van der Waals surface area contributed by atoms with E-state index >= 15 is 0 Å². The molecule has 2 aromatic heterocycles. The lowest BCUT2D eigenvalue weighted by molar-refractivity contribution is 0.0988. The Balaban J connectivity index is 2.41. The van der Waals surface area contributed by atoms with E-state index in [1.54, 1.807) is 27.1 Å². The highest BCUT2D eigenvalue weighted by Crippen LogP contribution is 2.33. The van der Waals surface area contributed by atoms with Crippen LogP contribution in [0.2, 0.25) is 0 Å². The summed E-state index contributed by atoms with van der Waals surface area (Å²) in [6.45, 7) is 1.70. The van der Waals surface area contributed by atoms with Crippen LogP contribution in [0.1, 0.15) is 23.7 Å². The van der Waals surface area contributed by atoms with E-state index in [2.05, 4.69) is 20.6 Å². The number of anilines is 3. The van der Waals surface area contributed by atoms with E-state index in [0.29, 0.717) is 17.4 Å². The molecule has 144 valence electrons. The Labute approximate surface area is 159 Å². The molecule has 2 rings (SSSR count). The van der Waals surface area contributed by atoms with Gasteiger partial charge in [-0.15, -0.1) is 0 Å². The molecule has 27 heavy (non-hydrogen) atoms. The van der Waals surface area contributed by atoms with Crippen molar-refractivity contribution < 1.29 is 18.4 Å². The first-order chi connectivity index (χ1) is 12.8. The summed E-state index contributed by atoms with van der Waals surface area (Å²) in [4.78, 5) is 33.7. The normalized spacial score (nSPS) is 10.6. The second kappa shape index (κ2) is 9.26. The van der Waals surface area contributed by atoms with Gasteiger partial charge in [-0.2, -0.15) is 8.78 Å². The molecular weight excluding hydrogens is 376 g/mol. The molecule has 0 unspecified atom stereocenters. The van der Waals surface area contributed by atoms with Crippen LogP contribution in [-0.4, -0.2) is 46.5 Å². The molecule has 0 fully saturated rings. The predicted molar refractivity (Wildman–Crippen MR) is 101 cm³/mol. The largest absolute Gasteiger partial charge is 0.339 e. The Bertz CT molecular complexity index is 833. The summed E-state index contributed by atoms with van der Waals surface area (Å²) < 4.78 is 25.6. The van der Waals surface area contributed by atoms with E-state index in [-0.39, 0.29) is 34.3 Å². The average molecular weight is 395 g/mol. The third-order valence-electron chi connectivity index (χ3n) is 3.41. The fraction of sp³-hybridized carbons (Fsp3) is 0.294. The number of nitrogens with one attached hydrogen (secondary N) is 2. The lowest BCUT2D eigenvalue weighted by atomic mass is 10.1. The van der Waals surface area contributed by atoms with Gasteiger partial charge in [0.2, 0.25) is 0 Å². The van der Waals surface area contributed by atoms with Crippen LogP contribution in [0.15, 0.2) is 35.5 Å². The molecule has 0 aliphatic rings. The van der Waals surface area contributed by atoms with E-state index in [1.165, 1.54) is 29.4 Å². The van der Waals surface area contributed by atoms with Gasteiger partial charge in [-0.05, 0) is 12.1 Å². The molecule has 7 nitrogen and oxygen atoms in total. The molecule has 0 radical (unpaired) electrons. The van der Waals surface area contributed by atoms with Crippen LogP contribution in [0.4, 0.5) is 30.9 Å². The molecule has 0 aliphatic heterocycles. The van der Waals surface area contributed by atoms with Gasteiger partial charge < -0.3 is 10.2 Å². The maximum absolute atomic E-state index is 12.8. The number of rotatable bonds is 7. The monoisotopic (exact) mass is 395 g/mol. The minimum atomic E-state index is -2.61. The standard InChI is InChI=1S/C17H19F2N5O2S/c1-4-12(25)10-9-21-14(23-17(26)24(2)3)8-11(10)22-15-13(27-16(18)19)6-5-7-20-15/h5-9,16H,4H2,1-3H3,(H2,20,21,22,23,26). The van der Waals surface area contributed by atoms with Crippen LogP contribution in [0.3, 0.4) is 0 Å². The van der Waals surface area contributed by atoms with E-state index in [0.717, 1.165) is 0 Å². The van der Waals surface area contributed by atoms with Gasteiger partial charge >= 0.3 is 6.03 Å². The molecule has 0 bridgehead atoms. The molecule has 0 aromatic carbocycles. The SMILES string of the molecule is CCC(=O)c1cnc(NC(=O)N(C)C)cc1Nc1ncccc1SC(F)F. The molecule has 2 aromatic rings. The van der Waals surface area contributed by atoms with Crippen molar-refractivity contribution in [1.29, 1.82) is 0 Å². The maximum atomic E-state index is 12.8. The van der Waals surface area contributed by atoms with Crippen LogP contribution in [-0.2, 0) is 0 Å². The number of alkyl halides is 2. The number of nitrogens with zero attached hydrogens (tertiary/aromatic N) is 3. The first-order valence-corrected chi connectivity index (χ1v) is 8.88. The number of carbonyl (C=O) groups excluding carboxylic acids is 2. The van der Waals surface area contributed by atoms with Crippen molar-refractivity contribution in [2.75, 3.05) is 24.7 Å². The minimum Gasteiger partial charge on any atom is -0.339 e. The van der Waals surface area contributed by atoms with Crippen LogP contribution < -0.4 is 10.6 Å². The predicted octanol–water partition coefficient (Wildman–Crippen LogP) is 4.22. The molecule has 0 aliphatic carbocycles. The lowest BCUT2D eigenvalue weighted by Crippen LogP contribution is -2.27. The number of ketones is 1. The molecule has 0 saturated heterocycles. The summed E-state index contributed by atoms with van der Waals surface area (Å²) in [5.74, 6) is -2.40. The van der Waals surface area contributed by atoms with Gasteiger partial charge in [0.05, 0.1) is 16.1 Å². The maximum Gasteiger partial charge on any atom is 0.322 e. The highest BCUT2D eigenvalue weighted by Gasteiger charge is 2.17. The van der Waals surface area contributed by atoms with Crippen LogP contribution in [0.25, 0.3) is 0 Å². The fourth-order valence-corrected chi connectivity index (χ4v) is 2.63. The zero-order chi connectivity index (χ0) is 20.0. The van der Waals surface area contributed by atoms with Crippen molar-refractivity contribution in [3.63, 3.8) is 0 Å². The number of hydrogen-bond acceptors (Lipinski definition) is 6. The van der Waals surface area contributed by atoms with E-state index in [1.807, 2.05) is 0 Å².